The van der Waals surface area contributed by atoms with Gasteiger partial charge in [-0.25, -0.2) is 0 Å². The molecule has 5 nitrogen and oxygen atoms in total. The number of hydrogen-bond acceptors (Lipinski definition) is 3. The van der Waals surface area contributed by atoms with Crippen molar-refractivity contribution in [3.63, 3.8) is 0 Å². The number of hydrogen-bond donors (Lipinski definition) is 3. The van der Waals surface area contributed by atoms with Crippen LogP contribution in [-0.2, 0) is 15.2 Å². The molecule has 0 spiro atoms. The summed E-state index contributed by atoms with van der Waals surface area (Å²) < 4.78 is 0. The standard InChI is InChI=1S/C15H18N2O3/c1-3-9-16-13(18)10-14(19)17-11-15(2,20)12-7-5-4-6-8-12/h1,4-8,20H,9-11H2,2H3,(H,16,18)(H,17,19). The predicted octanol–water partition coefficient (Wildman–Crippen LogP) is 0.150. The number of carbonyl (C=O) groups excluding carboxylic acids is 2. The van der Waals surface area contributed by atoms with Crippen molar-refractivity contribution >= 4 is 11.8 Å². The van der Waals surface area contributed by atoms with Gasteiger partial charge in [0.1, 0.15) is 12.0 Å². The number of carbonyl (C=O) groups is 2. The van der Waals surface area contributed by atoms with E-state index in [1.165, 1.54) is 0 Å². The SMILES string of the molecule is C#CCNC(=O)CC(=O)NCC(C)(O)c1ccccc1. The van der Waals surface area contributed by atoms with Gasteiger partial charge in [0.05, 0.1) is 13.1 Å². The van der Waals surface area contributed by atoms with E-state index < -0.39 is 17.4 Å². The monoisotopic (exact) mass is 274 g/mol. The van der Waals surface area contributed by atoms with Gasteiger partial charge in [-0.1, -0.05) is 36.3 Å². The van der Waals surface area contributed by atoms with Crippen LogP contribution in [0.25, 0.3) is 0 Å². The first-order chi connectivity index (χ1) is 9.45. The van der Waals surface area contributed by atoms with Crippen LogP contribution in [0.4, 0.5) is 0 Å². The summed E-state index contributed by atoms with van der Waals surface area (Å²) >= 11 is 0. The molecule has 0 aliphatic heterocycles. The second kappa shape index (κ2) is 7.31. The van der Waals surface area contributed by atoms with Crippen LogP contribution in [0.2, 0.25) is 0 Å². The van der Waals surface area contributed by atoms with Gasteiger partial charge in [0, 0.05) is 0 Å². The molecule has 2 amide bonds. The molecule has 1 aromatic rings. The van der Waals surface area contributed by atoms with Gasteiger partial charge in [-0.15, -0.1) is 6.42 Å². The van der Waals surface area contributed by atoms with Crippen LogP contribution in [-0.4, -0.2) is 30.0 Å². The normalized spacial score (nSPS) is 12.8. The van der Waals surface area contributed by atoms with E-state index >= 15 is 0 Å². The largest absolute Gasteiger partial charge is 0.384 e. The van der Waals surface area contributed by atoms with Crippen LogP contribution in [0, 0.1) is 12.3 Å². The zero-order valence-corrected chi connectivity index (χ0v) is 11.3. The molecular weight excluding hydrogens is 256 g/mol. The minimum Gasteiger partial charge on any atom is -0.384 e. The van der Waals surface area contributed by atoms with E-state index in [-0.39, 0.29) is 19.5 Å². The van der Waals surface area contributed by atoms with Crippen LogP contribution in [0.15, 0.2) is 30.3 Å². The van der Waals surface area contributed by atoms with Crippen molar-refractivity contribution in [1.82, 2.24) is 10.6 Å². The lowest BCUT2D eigenvalue weighted by Crippen LogP contribution is -2.40. The molecule has 1 aromatic carbocycles. The summed E-state index contributed by atoms with van der Waals surface area (Å²) in [6, 6.07) is 8.99. The van der Waals surface area contributed by atoms with E-state index in [0.29, 0.717) is 5.56 Å². The molecule has 0 fully saturated rings. The minimum atomic E-state index is -1.19. The van der Waals surface area contributed by atoms with E-state index in [1.807, 2.05) is 6.07 Å². The van der Waals surface area contributed by atoms with E-state index in [0.717, 1.165) is 0 Å². The lowest BCUT2D eigenvalue weighted by molar-refractivity contribution is -0.129. The third-order valence-corrected chi connectivity index (χ3v) is 2.73. The van der Waals surface area contributed by atoms with E-state index in [1.54, 1.807) is 31.2 Å². The summed E-state index contributed by atoms with van der Waals surface area (Å²) in [6.45, 7) is 1.72. The zero-order chi connectivity index (χ0) is 15.0. The molecule has 1 rings (SSSR count). The smallest absolute Gasteiger partial charge is 0.230 e. The summed E-state index contributed by atoms with van der Waals surface area (Å²) in [6.07, 6.45) is 4.68. The Morgan fingerprint density at radius 1 is 1.25 bits per heavy atom. The number of benzene rings is 1. The molecule has 1 atom stereocenters. The molecule has 0 bridgehead atoms. The fourth-order valence-electron chi connectivity index (χ4n) is 1.59. The van der Waals surface area contributed by atoms with Gasteiger partial charge < -0.3 is 15.7 Å². The third-order valence-electron chi connectivity index (χ3n) is 2.73. The highest BCUT2D eigenvalue weighted by Crippen LogP contribution is 2.18. The Labute approximate surface area is 118 Å². The second-order valence-corrected chi connectivity index (χ2v) is 4.57. The first-order valence-corrected chi connectivity index (χ1v) is 6.20. The molecule has 0 radical (unpaired) electrons. The maximum absolute atomic E-state index is 11.6. The molecule has 3 N–H and O–H groups in total. The molecule has 5 heteroatoms. The first kappa shape index (κ1) is 15.7. The van der Waals surface area contributed by atoms with Gasteiger partial charge in [-0.2, -0.15) is 0 Å². The summed E-state index contributed by atoms with van der Waals surface area (Å²) in [5.41, 5.74) is -0.497. The summed E-state index contributed by atoms with van der Waals surface area (Å²) in [5.74, 6) is 1.34. The maximum atomic E-state index is 11.6. The van der Waals surface area contributed by atoms with Gasteiger partial charge in [0.2, 0.25) is 11.8 Å². The van der Waals surface area contributed by atoms with E-state index in [9.17, 15) is 14.7 Å². The number of amides is 2. The molecule has 0 heterocycles. The molecule has 0 aliphatic carbocycles. The van der Waals surface area contributed by atoms with Gasteiger partial charge in [0.25, 0.3) is 0 Å². The van der Waals surface area contributed by atoms with E-state index in [4.69, 9.17) is 6.42 Å². The summed E-state index contributed by atoms with van der Waals surface area (Å²) in [4.78, 5) is 22.8. The number of nitrogens with one attached hydrogen (secondary N) is 2. The lowest BCUT2D eigenvalue weighted by atomic mass is 9.96. The predicted molar refractivity (Wildman–Crippen MR) is 75.5 cm³/mol. The lowest BCUT2D eigenvalue weighted by Gasteiger charge is -2.24. The second-order valence-electron chi connectivity index (χ2n) is 4.57. The highest BCUT2D eigenvalue weighted by atomic mass is 16.3. The van der Waals surface area contributed by atoms with Gasteiger partial charge >= 0.3 is 0 Å². The highest BCUT2D eigenvalue weighted by Gasteiger charge is 2.23. The van der Waals surface area contributed by atoms with Crippen LogP contribution in [0.3, 0.4) is 0 Å². The minimum absolute atomic E-state index is 0.0261. The first-order valence-electron chi connectivity index (χ1n) is 6.20. The Bertz CT molecular complexity index is 504. The zero-order valence-electron chi connectivity index (χ0n) is 11.3. The van der Waals surface area contributed by atoms with Crippen molar-refractivity contribution < 1.29 is 14.7 Å². The van der Waals surface area contributed by atoms with Crippen molar-refractivity contribution in [2.24, 2.45) is 0 Å². The van der Waals surface area contributed by atoms with Crippen LogP contribution in [0.5, 0.6) is 0 Å². The van der Waals surface area contributed by atoms with Crippen molar-refractivity contribution in [2.45, 2.75) is 18.9 Å². The summed E-state index contributed by atoms with van der Waals surface area (Å²) in [5, 5.41) is 15.2. The fraction of sp³-hybridized carbons (Fsp3) is 0.333. The Morgan fingerprint density at radius 3 is 2.45 bits per heavy atom. The number of aliphatic hydroxyl groups is 1. The quantitative estimate of drug-likeness (QED) is 0.510. The van der Waals surface area contributed by atoms with Gasteiger partial charge in [-0.3, -0.25) is 9.59 Å². The molecule has 1 unspecified atom stereocenters. The van der Waals surface area contributed by atoms with Crippen molar-refractivity contribution in [2.75, 3.05) is 13.1 Å². The van der Waals surface area contributed by atoms with Gasteiger partial charge in [-0.05, 0) is 12.5 Å². The summed E-state index contributed by atoms with van der Waals surface area (Å²) in [7, 11) is 0. The molecule has 20 heavy (non-hydrogen) atoms. The highest BCUT2D eigenvalue weighted by molar-refractivity contribution is 5.96. The Morgan fingerprint density at radius 2 is 1.85 bits per heavy atom. The molecule has 106 valence electrons. The maximum Gasteiger partial charge on any atom is 0.230 e. The molecule has 0 aromatic heterocycles. The van der Waals surface area contributed by atoms with Crippen molar-refractivity contribution in [1.29, 1.82) is 0 Å². The number of terminal acetylenes is 1. The van der Waals surface area contributed by atoms with Crippen molar-refractivity contribution in [3.05, 3.63) is 35.9 Å². The Balaban J connectivity index is 2.45. The van der Waals surface area contributed by atoms with Crippen molar-refractivity contribution in [3.8, 4) is 12.3 Å². The average Bonchev–Trinajstić information content (AvgIpc) is 2.44. The fourth-order valence-corrected chi connectivity index (χ4v) is 1.59. The molecular formula is C15H18N2O3. The van der Waals surface area contributed by atoms with E-state index in [2.05, 4.69) is 16.6 Å². The molecule has 0 saturated carbocycles. The van der Waals surface area contributed by atoms with Crippen LogP contribution in [0.1, 0.15) is 18.9 Å². The molecule has 0 saturated heterocycles. The number of rotatable bonds is 6. The third kappa shape index (κ3) is 5.12. The Kier molecular flexibility index (Phi) is 5.75. The van der Waals surface area contributed by atoms with Crippen LogP contribution < -0.4 is 10.6 Å². The molecule has 0 aliphatic rings. The Hall–Kier alpha value is -2.32. The topological polar surface area (TPSA) is 78.4 Å². The van der Waals surface area contributed by atoms with Crippen LogP contribution >= 0.6 is 0 Å². The van der Waals surface area contributed by atoms with Gasteiger partial charge in [0.15, 0.2) is 0 Å². The average molecular weight is 274 g/mol.